The predicted octanol–water partition coefficient (Wildman–Crippen LogP) is -0.515. The van der Waals surface area contributed by atoms with Gasteiger partial charge in [-0.2, -0.15) is 0 Å². The standard InChI is InChI=1S/C17H24O11/c1-8(18)22-7-13-14(25-9(2)19)15(26-10(3)20)16(27-11(4)21)17(28-13)24-6-12-5-23-12/h12-17H,5-7H2,1-4H3/t12?,13-,14-,15+,16-,17-/m1/s1. The molecule has 2 saturated heterocycles. The van der Waals surface area contributed by atoms with Crippen molar-refractivity contribution in [2.75, 3.05) is 19.8 Å². The van der Waals surface area contributed by atoms with E-state index in [1.54, 1.807) is 0 Å². The Kier molecular flexibility index (Phi) is 7.72. The van der Waals surface area contributed by atoms with Gasteiger partial charge in [0.05, 0.1) is 13.2 Å². The van der Waals surface area contributed by atoms with Gasteiger partial charge >= 0.3 is 23.9 Å². The van der Waals surface area contributed by atoms with E-state index in [1.165, 1.54) is 6.92 Å². The summed E-state index contributed by atoms with van der Waals surface area (Å²) in [6.45, 7) is 5.04. The molecule has 0 radical (unpaired) electrons. The second-order valence-electron chi connectivity index (χ2n) is 6.36. The Morgan fingerprint density at radius 1 is 0.786 bits per heavy atom. The summed E-state index contributed by atoms with van der Waals surface area (Å²) < 4.78 is 37.2. The molecule has 0 saturated carbocycles. The first kappa shape index (κ1) is 22.1. The van der Waals surface area contributed by atoms with Gasteiger partial charge in [0.15, 0.2) is 24.6 Å². The van der Waals surface area contributed by atoms with Crippen LogP contribution in [0.1, 0.15) is 27.7 Å². The molecule has 0 N–H and O–H groups in total. The molecule has 0 amide bonds. The number of rotatable bonds is 8. The van der Waals surface area contributed by atoms with E-state index in [9.17, 15) is 19.2 Å². The fourth-order valence-corrected chi connectivity index (χ4v) is 2.69. The van der Waals surface area contributed by atoms with Crippen LogP contribution in [0.3, 0.4) is 0 Å². The van der Waals surface area contributed by atoms with Crippen molar-refractivity contribution in [3.8, 4) is 0 Å². The number of esters is 4. The van der Waals surface area contributed by atoms with Crippen LogP contribution in [0, 0.1) is 0 Å². The van der Waals surface area contributed by atoms with E-state index in [4.69, 9.17) is 33.2 Å². The lowest BCUT2D eigenvalue weighted by Crippen LogP contribution is -2.63. The number of carbonyl (C=O) groups is 4. The lowest BCUT2D eigenvalue weighted by atomic mass is 9.98. The first-order valence-corrected chi connectivity index (χ1v) is 8.71. The van der Waals surface area contributed by atoms with Gasteiger partial charge in [-0.05, 0) is 0 Å². The number of epoxide rings is 1. The van der Waals surface area contributed by atoms with Crippen molar-refractivity contribution in [1.82, 2.24) is 0 Å². The molecule has 11 heteroatoms. The molecule has 6 atom stereocenters. The van der Waals surface area contributed by atoms with E-state index in [1.807, 2.05) is 0 Å². The van der Waals surface area contributed by atoms with Gasteiger partial charge in [-0.3, -0.25) is 19.2 Å². The van der Waals surface area contributed by atoms with Crippen LogP contribution in [0.5, 0.6) is 0 Å². The van der Waals surface area contributed by atoms with Gasteiger partial charge in [-0.25, -0.2) is 0 Å². The van der Waals surface area contributed by atoms with Gasteiger partial charge in [0, 0.05) is 27.7 Å². The smallest absolute Gasteiger partial charge is 0.303 e. The summed E-state index contributed by atoms with van der Waals surface area (Å²) in [5, 5.41) is 0. The quantitative estimate of drug-likeness (QED) is 0.294. The highest BCUT2D eigenvalue weighted by atomic mass is 16.7. The molecular weight excluding hydrogens is 380 g/mol. The van der Waals surface area contributed by atoms with Gasteiger partial charge in [0.2, 0.25) is 0 Å². The highest BCUT2D eigenvalue weighted by Crippen LogP contribution is 2.30. The van der Waals surface area contributed by atoms with Crippen LogP contribution >= 0.6 is 0 Å². The third kappa shape index (κ3) is 6.73. The third-order valence-corrected chi connectivity index (χ3v) is 3.80. The van der Waals surface area contributed by atoms with Crippen LogP contribution in [0.4, 0.5) is 0 Å². The van der Waals surface area contributed by atoms with Gasteiger partial charge in [-0.15, -0.1) is 0 Å². The Balaban J connectivity index is 2.29. The molecule has 11 nitrogen and oxygen atoms in total. The number of ether oxygens (including phenoxy) is 7. The van der Waals surface area contributed by atoms with Crippen molar-refractivity contribution in [2.45, 2.75) is 64.5 Å². The van der Waals surface area contributed by atoms with Crippen LogP contribution in [0.2, 0.25) is 0 Å². The highest BCUT2D eigenvalue weighted by molar-refractivity contribution is 5.68. The largest absolute Gasteiger partial charge is 0.463 e. The zero-order chi connectivity index (χ0) is 20.8. The Hall–Kier alpha value is -2.24. The van der Waals surface area contributed by atoms with Crippen molar-refractivity contribution in [1.29, 1.82) is 0 Å². The normalized spacial score (nSPS) is 31.4. The van der Waals surface area contributed by atoms with Gasteiger partial charge < -0.3 is 33.2 Å². The Morgan fingerprint density at radius 3 is 1.82 bits per heavy atom. The summed E-state index contributed by atoms with van der Waals surface area (Å²) in [5.74, 6) is -2.65. The second kappa shape index (κ2) is 9.80. The van der Waals surface area contributed by atoms with E-state index >= 15 is 0 Å². The maximum atomic E-state index is 11.6. The molecule has 0 aromatic carbocycles. The van der Waals surface area contributed by atoms with Gasteiger partial charge in [0.25, 0.3) is 0 Å². The van der Waals surface area contributed by atoms with Crippen molar-refractivity contribution >= 4 is 23.9 Å². The predicted molar refractivity (Wildman–Crippen MR) is 87.6 cm³/mol. The summed E-state index contributed by atoms with van der Waals surface area (Å²) in [4.78, 5) is 46.0. The topological polar surface area (TPSA) is 136 Å². The average Bonchev–Trinajstić information content (AvgIpc) is 3.38. The fourth-order valence-electron chi connectivity index (χ4n) is 2.69. The monoisotopic (exact) mass is 404 g/mol. The molecule has 158 valence electrons. The lowest BCUT2D eigenvalue weighted by Gasteiger charge is -2.44. The maximum absolute atomic E-state index is 11.6. The molecule has 2 aliphatic heterocycles. The lowest BCUT2D eigenvalue weighted by molar-refractivity contribution is -0.308. The average molecular weight is 404 g/mol. The van der Waals surface area contributed by atoms with E-state index in [0.29, 0.717) is 6.61 Å². The van der Waals surface area contributed by atoms with Gasteiger partial charge in [0.1, 0.15) is 18.8 Å². The Morgan fingerprint density at radius 2 is 1.32 bits per heavy atom. The molecular formula is C17H24O11. The maximum Gasteiger partial charge on any atom is 0.303 e. The minimum atomic E-state index is -1.23. The summed E-state index contributed by atoms with van der Waals surface area (Å²) in [5.41, 5.74) is 0. The number of hydrogen-bond acceptors (Lipinski definition) is 11. The van der Waals surface area contributed by atoms with Gasteiger partial charge in [-0.1, -0.05) is 0 Å². The molecule has 1 unspecified atom stereocenters. The summed E-state index contributed by atoms with van der Waals surface area (Å²) in [6, 6.07) is 0. The van der Waals surface area contributed by atoms with Crippen LogP contribution in [-0.4, -0.2) is 80.5 Å². The number of carbonyl (C=O) groups excluding carboxylic acids is 4. The molecule has 2 fully saturated rings. The van der Waals surface area contributed by atoms with Crippen molar-refractivity contribution in [3.63, 3.8) is 0 Å². The van der Waals surface area contributed by atoms with E-state index in [-0.39, 0.29) is 19.3 Å². The molecule has 0 spiro atoms. The first-order valence-electron chi connectivity index (χ1n) is 8.71. The fraction of sp³-hybridized carbons (Fsp3) is 0.765. The van der Waals surface area contributed by atoms with E-state index in [0.717, 1.165) is 20.8 Å². The summed E-state index contributed by atoms with van der Waals surface area (Å²) >= 11 is 0. The van der Waals surface area contributed by atoms with Crippen molar-refractivity contribution < 1.29 is 52.3 Å². The third-order valence-electron chi connectivity index (χ3n) is 3.80. The molecule has 2 rings (SSSR count). The summed E-state index contributed by atoms with van der Waals surface area (Å²) in [7, 11) is 0. The van der Waals surface area contributed by atoms with Crippen LogP contribution in [-0.2, 0) is 52.3 Å². The van der Waals surface area contributed by atoms with Crippen molar-refractivity contribution in [2.24, 2.45) is 0 Å². The van der Waals surface area contributed by atoms with E-state index in [2.05, 4.69) is 0 Å². The van der Waals surface area contributed by atoms with Crippen LogP contribution in [0.15, 0.2) is 0 Å². The molecule has 0 aliphatic carbocycles. The molecule has 0 bridgehead atoms. The molecule has 2 heterocycles. The number of hydrogen-bond donors (Lipinski definition) is 0. The zero-order valence-electron chi connectivity index (χ0n) is 16.1. The molecule has 2 aliphatic rings. The van der Waals surface area contributed by atoms with Crippen molar-refractivity contribution in [3.05, 3.63) is 0 Å². The second-order valence-corrected chi connectivity index (χ2v) is 6.36. The summed E-state index contributed by atoms with van der Waals surface area (Å²) in [6.07, 6.45) is -5.93. The Labute approximate surface area is 161 Å². The SMILES string of the molecule is CC(=O)OC[C@H]1O[C@@H](OCC2CO2)[C@H](OC(C)=O)[C@@H](OC(C)=O)[C@@H]1OC(C)=O. The zero-order valence-corrected chi connectivity index (χ0v) is 16.1. The molecule has 0 aromatic heterocycles. The highest BCUT2D eigenvalue weighted by Gasteiger charge is 2.53. The first-order chi connectivity index (χ1) is 13.2. The van der Waals surface area contributed by atoms with Crippen LogP contribution in [0.25, 0.3) is 0 Å². The minimum Gasteiger partial charge on any atom is -0.463 e. The van der Waals surface area contributed by atoms with E-state index < -0.39 is 54.6 Å². The Bertz CT molecular complexity index is 600. The molecule has 0 aromatic rings. The minimum absolute atomic E-state index is 0.119. The molecule has 28 heavy (non-hydrogen) atoms. The van der Waals surface area contributed by atoms with Crippen LogP contribution < -0.4 is 0 Å².